The molecule has 0 aliphatic carbocycles. The van der Waals surface area contributed by atoms with E-state index in [9.17, 15) is 9.18 Å². The van der Waals surface area contributed by atoms with Crippen molar-refractivity contribution in [3.63, 3.8) is 0 Å². The lowest BCUT2D eigenvalue weighted by atomic mass is 10.2. The maximum absolute atomic E-state index is 13.2. The van der Waals surface area contributed by atoms with Gasteiger partial charge in [-0.25, -0.2) is 4.39 Å². The van der Waals surface area contributed by atoms with Gasteiger partial charge in [0.05, 0.1) is 27.9 Å². The molecule has 0 radical (unpaired) electrons. The van der Waals surface area contributed by atoms with Crippen LogP contribution in [0.4, 0.5) is 4.39 Å². The van der Waals surface area contributed by atoms with E-state index in [0.717, 1.165) is 20.3 Å². The van der Waals surface area contributed by atoms with Crippen LogP contribution in [-0.2, 0) is 11.3 Å². The van der Waals surface area contributed by atoms with E-state index >= 15 is 0 Å². The number of morpholine rings is 1. The summed E-state index contributed by atoms with van der Waals surface area (Å²) in [7, 11) is 0. The summed E-state index contributed by atoms with van der Waals surface area (Å²) in [6.45, 7) is 2.88. The van der Waals surface area contributed by atoms with Crippen LogP contribution in [-0.4, -0.2) is 41.7 Å². The van der Waals surface area contributed by atoms with Crippen molar-refractivity contribution in [2.45, 2.75) is 6.54 Å². The third-order valence-electron chi connectivity index (χ3n) is 4.35. The number of carbonyl (C=O) groups is 1. The van der Waals surface area contributed by atoms with Gasteiger partial charge in [-0.05, 0) is 39.7 Å². The summed E-state index contributed by atoms with van der Waals surface area (Å²) in [5.74, 6) is -0.247. The standard InChI is InChI=1S/C18H16BrFN2O2S/c19-14-11-25-16-9-15(18(23)21-5-7-24-8-6-21)22(17(14)16)10-12-1-3-13(20)4-2-12/h1-4,9,11H,5-8,10H2. The molecular formula is C18H16BrFN2O2S. The molecule has 0 N–H and O–H groups in total. The monoisotopic (exact) mass is 422 g/mol. The maximum atomic E-state index is 13.2. The topological polar surface area (TPSA) is 34.5 Å². The van der Waals surface area contributed by atoms with Crippen molar-refractivity contribution in [3.05, 3.63) is 57.3 Å². The molecule has 3 heterocycles. The highest BCUT2D eigenvalue weighted by atomic mass is 79.9. The number of ether oxygens (including phenoxy) is 1. The first-order valence-corrected chi connectivity index (χ1v) is 9.68. The number of nitrogens with zero attached hydrogens (tertiary/aromatic N) is 2. The summed E-state index contributed by atoms with van der Waals surface area (Å²) >= 11 is 5.19. The molecule has 25 heavy (non-hydrogen) atoms. The van der Waals surface area contributed by atoms with Gasteiger partial charge < -0.3 is 14.2 Å². The minimum atomic E-state index is -0.261. The first kappa shape index (κ1) is 16.8. The summed E-state index contributed by atoms with van der Waals surface area (Å²) in [4.78, 5) is 14.9. The Labute approximate surface area is 156 Å². The van der Waals surface area contributed by atoms with Gasteiger partial charge in [-0.1, -0.05) is 12.1 Å². The Morgan fingerprint density at radius 1 is 1.24 bits per heavy atom. The molecule has 4 rings (SSSR count). The number of benzene rings is 1. The van der Waals surface area contributed by atoms with E-state index in [4.69, 9.17) is 4.74 Å². The molecule has 130 valence electrons. The number of thiophene rings is 1. The first-order chi connectivity index (χ1) is 12.1. The number of aromatic nitrogens is 1. The predicted octanol–water partition coefficient (Wildman–Crippen LogP) is 4.13. The smallest absolute Gasteiger partial charge is 0.270 e. The van der Waals surface area contributed by atoms with Crippen molar-refractivity contribution >= 4 is 43.4 Å². The van der Waals surface area contributed by atoms with Gasteiger partial charge in [-0.3, -0.25) is 4.79 Å². The molecule has 4 nitrogen and oxygen atoms in total. The third kappa shape index (κ3) is 3.23. The van der Waals surface area contributed by atoms with Crippen LogP contribution in [0.3, 0.4) is 0 Å². The fourth-order valence-electron chi connectivity index (χ4n) is 3.07. The zero-order chi connectivity index (χ0) is 17.4. The molecule has 0 bridgehead atoms. The van der Waals surface area contributed by atoms with E-state index in [2.05, 4.69) is 15.9 Å². The van der Waals surface area contributed by atoms with E-state index in [-0.39, 0.29) is 11.7 Å². The average Bonchev–Trinajstić information content (AvgIpc) is 3.18. The molecular weight excluding hydrogens is 407 g/mol. The summed E-state index contributed by atoms with van der Waals surface area (Å²) in [5.41, 5.74) is 2.62. The van der Waals surface area contributed by atoms with Gasteiger partial charge in [0, 0.05) is 25.0 Å². The zero-order valence-corrected chi connectivity index (χ0v) is 15.8. The van der Waals surface area contributed by atoms with Crippen LogP contribution in [0.1, 0.15) is 16.1 Å². The Morgan fingerprint density at radius 2 is 1.96 bits per heavy atom. The maximum Gasteiger partial charge on any atom is 0.270 e. The van der Waals surface area contributed by atoms with Crippen molar-refractivity contribution < 1.29 is 13.9 Å². The van der Waals surface area contributed by atoms with Crippen LogP contribution in [0.25, 0.3) is 10.2 Å². The molecule has 0 spiro atoms. The Hall–Kier alpha value is -1.70. The van der Waals surface area contributed by atoms with E-state index < -0.39 is 0 Å². The van der Waals surface area contributed by atoms with Crippen LogP contribution < -0.4 is 0 Å². The predicted molar refractivity (Wildman–Crippen MR) is 99.7 cm³/mol. The summed E-state index contributed by atoms with van der Waals surface area (Å²) in [5, 5.41) is 2.02. The van der Waals surface area contributed by atoms with Crippen LogP contribution in [0.15, 0.2) is 40.2 Å². The molecule has 1 fully saturated rings. The zero-order valence-electron chi connectivity index (χ0n) is 13.4. The highest BCUT2D eigenvalue weighted by Gasteiger charge is 2.24. The Kier molecular flexibility index (Phi) is 4.62. The quantitative estimate of drug-likeness (QED) is 0.635. The Morgan fingerprint density at radius 3 is 2.68 bits per heavy atom. The highest BCUT2D eigenvalue weighted by Crippen LogP contribution is 2.34. The van der Waals surface area contributed by atoms with E-state index in [1.165, 1.54) is 12.1 Å². The van der Waals surface area contributed by atoms with Crippen LogP contribution in [0.2, 0.25) is 0 Å². The summed E-state index contributed by atoms with van der Waals surface area (Å²) in [6.07, 6.45) is 0. The number of amides is 1. The summed E-state index contributed by atoms with van der Waals surface area (Å²) < 4.78 is 22.6. The largest absolute Gasteiger partial charge is 0.378 e. The summed E-state index contributed by atoms with van der Waals surface area (Å²) in [6, 6.07) is 8.35. The molecule has 7 heteroatoms. The second-order valence-corrected chi connectivity index (χ2v) is 7.71. The van der Waals surface area contributed by atoms with Crippen molar-refractivity contribution in [2.75, 3.05) is 26.3 Å². The van der Waals surface area contributed by atoms with E-state index in [0.29, 0.717) is 38.5 Å². The van der Waals surface area contributed by atoms with Crippen LogP contribution >= 0.6 is 27.3 Å². The lowest BCUT2D eigenvalue weighted by molar-refractivity contribution is 0.0296. The molecule has 1 saturated heterocycles. The molecule has 2 aromatic heterocycles. The van der Waals surface area contributed by atoms with Gasteiger partial charge in [0.15, 0.2) is 0 Å². The normalized spacial score (nSPS) is 15.0. The van der Waals surface area contributed by atoms with Gasteiger partial charge in [-0.2, -0.15) is 0 Å². The Bertz CT molecular complexity index is 913. The number of halogens is 2. The number of hydrogen-bond acceptors (Lipinski definition) is 3. The van der Waals surface area contributed by atoms with E-state index in [1.54, 1.807) is 23.5 Å². The second-order valence-electron chi connectivity index (χ2n) is 5.94. The molecule has 3 aromatic rings. The van der Waals surface area contributed by atoms with Crippen LogP contribution in [0.5, 0.6) is 0 Å². The van der Waals surface area contributed by atoms with Crippen molar-refractivity contribution in [3.8, 4) is 0 Å². The number of carbonyl (C=O) groups excluding carboxylic acids is 1. The molecule has 0 unspecified atom stereocenters. The third-order valence-corrected chi connectivity index (χ3v) is 6.18. The molecule has 1 aliphatic rings. The molecule has 0 saturated carbocycles. The molecule has 1 aliphatic heterocycles. The molecule has 0 atom stereocenters. The SMILES string of the molecule is O=C(c1cc2scc(Br)c2n1Cc1ccc(F)cc1)N1CCOCC1. The van der Waals surface area contributed by atoms with Gasteiger partial charge in [0.2, 0.25) is 0 Å². The molecule has 1 amide bonds. The number of hydrogen-bond donors (Lipinski definition) is 0. The van der Waals surface area contributed by atoms with Gasteiger partial charge in [0.25, 0.3) is 5.91 Å². The molecule has 1 aromatic carbocycles. The lowest BCUT2D eigenvalue weighted by Crippen LogP contribution is -2.41. The number of rotatable bonds is 3. The fourth-order valence-corrected chi connectivity index (χ4v) is 4.77. The van der Waals surface area contributed by atoms with Crippen LogP contribution in [0, 0.1) is 5.82 Å². The fraction of sp³-hybridized carbons (Fsp3) is 0.278. The van der Waals surface area contributed by atoms with Crippen molar-refractivity contribution in [1.29, 1.82) is 0 Å². The van der Waals surface area contributed by atoms with Gasteiger partial charge in [-0.15, -0.1) is 11.3 Å². The second kappa shape index (κ2) is 6.90. The lowest BCUT2D eigenvalue weighted by Gasteiger charge is -2.27. The van der Waals surface area contributed by atoms with Crippen molar-refractivity contribution in [2.24, 2.45) is 0 Å². The number of fused-ring (bicyclic) bond motifs is 1. The minimum absolute atomic E-state index is 0.0145. The minimum Gasteiger partial charge on any atom is -0.378 e. The first-order valence-electron chi connectivity index (χ1n) is 8.01. The van der Waals surface area contributed by atoms with E-state index in [1.807, 2.05) is 20.9 Å². The van der Waals surface area contributed by atoms with Gasteiger partial charge >= 0.3 is 0 Å². The average molecular weight is 423 g/mol. The van der Waals surface area contributed by atoms with Crippen molar-refractivity contribution in [1.82, 2.24) is 9.47 Å². The highest BCUT2D eigenvalue weighted by molar-refractivity contribution is 9.10. The Balaban J connectivity index is 1.75. The van der Waals surface area contributed by atoms with Gasteiger partial charge in [0.1, 0.15) is 11.5 Å².